The molecular weight excluding hydrogens is 356 g/mol. The van der Waals surface area contributed by atoms with E-state index in [2.05, 4.69) is 10.8 Å². The fourth-order valence-electron chi connectivity index (χ4n) is 4.09. The normalized spacial score (nSPS) is 20.4. The van der Waals surface area contributed by atoms with Crippen molar-refractivity contribution in [3.63, 3.8) is 0 Å². The Morgan fingerprint density at radius 1 is 1.00 bits per heavy atom. The number of rotatable bonds is 7. The van der Waals surface area contributed by atoms with Crippen molar-refractivity contribution in [2.24, 2.45) is 0 Å². The van der Waals surface area contributed by atoms with E-state index < -0.39 is 0 Å². The smallest absolute Gasteiger partial charge is 0.137 e. The second kappa shape index (κ2) is 8.97. The van der Waals surface area contributed by atoms with Crippen molar-refractivity contribution in [2.45, 2.75) is 63.9 Å². The standard InChI is InChI=1S/C22H30N2O4/c1-25-18-11-16(12-19(13-18)26-2)20-14-24(22-9-6-10-27-22)21(23-20)15-28-17-7-4-3-5-8-17/h11-14,17,22H,3-10,15H2,1-2H3. The summed E-state index contributed by atoms with van der Waals surface area (Å²) in [6.45, 7) is 1.32. The molecule has 1 aromatic heterocycles. The first kappa shape index (κ1) is 19.3. The molecule has 1 aliphatic carbocycles. The van der Waals surface area contributed by atoms with Gasteiger partial charge in [0.1, 0.15) is 30.2 Å². The van der Waals surface area contributed by atoms with Crippen LogP contribution in [-0.4, -0.2) is 36.5 Å². The van der Waals surface area contributed by atoms with Crippen LogP contribution in [0.2, 0.25) is 0 Å². The van der Waals surface area contributed by atoms with Crippen LogP contribution in [0.1, 0.15) is 57.0 Å². The molecule has 0 N–H and O–H groups in total. The first-order valence-corrected chi connectivity index (χ1v) is 10.3. The van der Waals surface area contributed by atoms with Gasteiger partial charge in [-0.15, -0.1) is 0 Å². The molecule has 6 nitrogen and oxygen atoms in total. The van der Waals surface area contributed by atoms with Gasteiger partial charge in [0, 0.05) is 24.4 Å². The van der Waals surface area contributed by atoms with E-state index in [-0.39, 0.29) is 6.23 Å². The molecule has 28 heavy (non-hydrogen) atoms. The lowest BCUT2D eigenvalue weighted by Gasteiger charge is -2.22. The first-order valence-electron chi connectivity index (χ1n) is 10.3. The molecule has 2 aromatic rings. The van der Waals surface area contributed by atoms with Crippen LogP contribution < -0.4 is 9.47 Å². The summed E-state index contributed by atoms with van der Waals surface area (Å²) in [5, 5.41) is 0. The van der Waals surface area contributed by atoms with Crippen molar-refractivity contribution in [1.29, 1.82) is 0 Å². The summed E-state index contributed by atoms with van der Waals surface area (Å²) in [4.78, 5) is 4.91. The highest BCUT2D eigenvalue weighted by atomic mass is 16.5. The summed E-state index contributed by atoms with van der Waals surface area (Å²) in [7, 11) is 3.32. The Morgan fingerprint density at radius 3 is 2.39 bits per heavy atom. The number of ether oxygens (including phenoxy) is 4. The quantitative estimate of drug-likeness (QED) is 0.689. The third-order valence-electron chi connectivity index (χ3n) is 5.67. The molecule has 2 heterocycles. The summed E-state index contributed by atoms with van der Waals surface area (Å²) < 4.78 is 25.1. The maximum atomic E-state index is 6.22. The van der Waals surface area contributed by atoms with E-state index >= 15 is 0 Å². The summed E-state index contributed by atoms with van der Waals surface area (Å²) >= 11 is 0. The highest BCUT2D eigenvalue weighted by Crippen LogP contribution is 2.32. The van der Waals surface area contributed by atoms with Crippen LogP contribution in [0.25, 0.3) is 11.3 Å². The molecule has 1 aromatic carbocycles. The number of imidazole rings is 1. The Labute approximate surface area is 166 Å². The van der Waals surface area contributed by atoms with Crippen LogP contribution in [0.3, 0.4) is 0 Å². The molecule has 1 unspecified atom stereocenters. The predicted octanol–water partition coefficient (Wildman–Crippen LogP) is 4.73. The van der Waals surface area contributed by atoms with Gasteiger partial charge < -0.3 is 23.5 Å². The molecule has 0 spiro atoms. The summed E-state index contributed by atoms with van der Waals surface area (Å²) in [5.74, 6) is 2.43. The van der Waals surface area contributed by atoms with Crippen LogP contribution in [0, 0.1) is 0 Å². The molecule has 152 valence electrons. The minimum Gasteiger partial charge on any atom is -0.497 e. The first-order chi connectivity index (χ1) is 13.8. The van der Waals surface area contributed by atoms with Crippen LogP contribution in [0.5, 0.6) is 11.5 Å². The molecular formula is C22H30N2O4. The van der Waals surface area contributed by atoms with Crippen LogP contribution >= 0.6 is 0 Å². The molecule has 1 aliphatic heterocycles. The summed E-state index contributed by atoms with van der Waals surface area (Å²) in [5.41, 5.74) is 1.85. The minimum atomic E-state index is 0.0405. The third-order valence-corrected chi connectivity index (χ3v) is 5.67. The van der Waals surface area contributed by atoms with E-state index in [1.165, 1.54) is 19.3 Å². The number of hydrogen-bond acceptors (Lipinski definition) is 5. The number of aromatic nitrogens is 2. The van der Waals surface area contributed by atoms with E-state index in [0.29, 0.717) is 12.7 Å². The van der Waals surface area contributed by atoms with Gasteiger partial charge in [0.2, 0.25) is 0 Å². The zero-order valence-corrected chi connectivity index (χ0v) is 16.9. The average Bonchev–Trinajstić information content (AvgIpc) is 3.42. The van der Waals surface area contributed by atoms with Crippen LogP contribution in [0.4, 0.5) is 0 Å². The van der Waals surface area contributed by atoms with Crippen LogP contribution in [-0.2, 0) is 16.1 Å². The van der Waals surface area contributed by atoms with Crippen molar-refractivity contribution in [3.05, 3.63) is 30.2 Å². The van der Waals surface area contributed by atoms with Crippen LogP contribution in [0.15, 0.2) is 24.4 Å². The minimum absolute atomic E-state index is 0.0405. The molecule has 0 radical (unpaired) electrons. The van der Waals surface area contributed by atoms with Gasteiger partial charge >= 0.3 is 0 Å². The highest BCUT2D eigenvalue weighted by Gasteiger charge is 2.23. The number of methoxy groups -OCH3 is 2. The largest absolute Gasteiger partial charge is 0.497 e. The Kier molecular flexibility index (Phi) is 6.17. The van der Waals surface area contributed by atoms with E-state index in [0.717, 1.165) is 60.9 Å². The second-order valence-corrected chi connectivity index (χ2v) is 7.59. The van der Waals surface area contributed by atoms with Gasteiger partial charge in [0.15, 0.2) is 0 Å². The molecule has 2 aliphatic rings. The van der Waals surface area contributed by atoms with Gasteiger partial charge in [-0.2, -0.15) is 0 Å². The van der Waals surface area contributed by atoms with Crippen molar-refractivity contribution < 1.29 is 18.9 Å². The molecule has 0 bridgehead atoms. The fourth-order valence-corrected chi connectivity index (χ4v) is 4.09. The van der Waals surface area contributed by atoms with E-state index in [9.17, 15) is 0 Å². The van der Waals surface area contributed by atoms with Gasteiger partial charge in [-0.05, 0) is 37.8 Å². The average molecular weight is 386 g/mol. The van der Waals surface area contributed by atoms with Crippen molar-refractivity contribution in [3.8, 4) is 22.8 Å². The molecule has 2 fully saturated rings. The number of benzene rings is 1. The monoisotopic (exact) mass is 386 g/mol. The van der Waals surface area contributed by atoms with Crippen molar-refractivity contribution >= 4 is 0 Å². The summed E-state index contributed by atoms with van der Waals surface area (Å²) in [6, 6.07) is 5.83. The molecule has 6 heteroatoms. The van der Waals surface area contributed by atoms with Gasteiger partial charge in [-0.3, -0.25) is 0 Å². The SMILES string of the molecule is COc1cc(OC)cc(-c2cn(C3CCCO3)c(COC3CCCCC3)n2)c1. The maximum absolute atomic E-state index is 6.22. The Balaban J connectivity index is 1.61. The van der Waals surface area contributed by atoms with Gasteiger partial charge in [0.25, 0.3) is 0 Å². The third kappa shape index (κ3) is 4.33. The Hall–Kier alpha value is -2.05. The highest BCUT2D eigenvalue weighted by molar-refractivity contribution is 5.63. The fraction of sp³-hybridized carbons (Fsp3) is 0.591. The lowest BCUT2D eigenvalue weighted by molar-refractivity contribution is 0.00314. The van der Waals surface area contributed by atoms with Crippen molar-refractivity contribution in [1.82, 2.24) is 9.55 Å². The molecule has 1 saturated heterocycles. The summed E-state index contributed by atoms with van der Waals surface area (Å²) in [6.07, 6.45) is 10.7. The maximum Gasteiger partial charge on any atom is 0.137 e. The molecule has 0 amide bonds. The number of nitrogens with zero attached hydrogens (tertiary/aromatic N) is 2. The van der Waals surface area contributed by atoms with Gasteiger partial charge in [0.05, 0.1) is 26.0 Å². The van der Waals surface area contributed by atoms with E-state index in [1.807, 2.05) is 18.2 Å². The Bertz CT molecular complexity index is 755. The van der Waals surface area contributed by atoms with Crippen molar-refractivity contribution in [2.75, 3.05) is 20.8 Å². The Morgan fingerprint density at radius 2 is 1.75 bits per heavy atom. The lowest BCUT2D eigenvalue weighted by Crippen LogP contribution is -2.18. The lowest BCUT2D eigenvalue weighted by atomic mass is 9.98. The molecule has 1 saturated carbocycles. The second-order valence-electron chi connectivity index (χ2n) is 7.59. The molecule has 1 atom stereocenters. The number of hydrogen-bond donors (Lipinski definition) is 0. The van der Waals surface area contributed by atoms with Gasteiger partial charge in [-0.25, -0.2) is 4.98 Å². The zero-order valence-electron chi connectivity index (χ0n) is 16.9. The zero-order chi connectivity index (χ0) is 19.3. The van der Waals surface area contributed by atoms with E-state index in [1.54, 1.807) is 14.2 Å². The predicted molar refractivity (Wildman–Crippen MR) is 107 cm³/mol. The van der Waals surface area contributed by atoms with Gasteiger partial charge in [-0.1, -0.05) is 19.3 Å². The topological polar surface area (TPSA) is 54.7 Å². The van der Waals surface area contributed by atoms with E-state index in [4.69, 9.17) is 23.9 Å². The molecule has 4 rings (SSSR count).